The molecule has 0 saturated carbocycles. The second kappa shape index (κ2) is 5.91. The second-order valence-electron chi connectivity index (χ2n) is 1.09. The molecule has 0 amide bonds. The molecule has 0 aromatic carbocycles. The first-order valence-electron chi connectivity index (χ1n) is 1.83. The average Bonchev–Trinajstić information content (AvgIpc) is 2.12. The maximum Gasteiger partial charge on any atom is 2.00 e. The molecule has 0 bridgehead atoms. The molecular weight excluding hydrogens is 186 g/mol. The van der Waals surface area contributed by atoms with Gasteiger partial charge in [-0.05, 0) is 17.2 Å². The third-order valence-electron chi connectivity index (χ3n) is 0.583. The summed E-state index contributed by atoms with van der Waals surface area (Å²) in [6.07, 6.45) is 0. The van der Waals surface area contributed by atoms with Crippen molar-refractivity contribution in [3.63, 3.8) is 0 Å². The maximum atomic E-state index is 9.86. The fourth-order valence-corrected chi connectivity index (χ4v) is 0.740. The van der Waals surface area contributed by atoms with Crippen molar-refractivity contribution in [1.29, 1.82) is 0 Å². The molecule has 0 unspecified atom stereocenters. The second-order valence-corrected chi connectivity index (χ2v) is 1.74. The Morgan fingerprint density at radius 2 is 2.40 bits per heavy atom. The molecule has 0 spiro atoms. The SMILES string of the molecule is O=C([O-])c1[c-]scn1.[Cl-].[Mg+2]. The first kappa shape index (κ1) is 12.8. The number of aromatic carboxylic acids is 1. The molecule has 0 saturated heterocycles. The molecule has 6 heteroatoms. The summed E-state index contributed by atoms with van der Waals surface area (Å²) in [5.41, 5.74) is 1.28. The molecule has 0 aliphatic carbocycles. The minimum absolute atomic E-state index is 0. The predicted octanol–water partition coefficient (Wildman–Crippen LogP) is -4.07. The van der Waals surface area contributed by atoms with Crippen LogP contribution in [-0.4, -0.2) is 34.0 Å². The Morgan fingerprint density at radius 3 is 2.60 bits per heavy atom. The zero-order chi connectivity index (χ0) is 5.98. The molecule has 50 valence electrons. The Balaban J connectivity index is 0. The quantitative estimate of drug-likeness (QED) is 0.332. The van der Waals surface area contributed by atoms with Crippen molar-refractivity contribution in [1.82, 2.24) is 4.98 Å². The van der Waals surface area contributed by atoms with Gasteiger partial charge in [-0.3, -0.25) is 11.3 Å². The van der Waals surface area contributed by atoms with Gasteiger partial charge in [0.1, 0.15) is 0 Å². The summed E-state index contributed by atoms with van der Waals surface area (Å²) in [6.45, 7) is 0. The molecular formula is C4HClMgNO2S-. The Hall–Kier alpha value is 0.156. The zero-order valence-electron chi connectivity index (χ0n) is 4.83. The first-order chi connectivity index (χ1) is 3.80. The van der Waals surface area contributed by atoms with E-state index in [1.807, 2.05) is 0 Å². The van der Waals surface area contributed by atoms with Crippen molar-refractivity contribution >= 4 is 40.4 Å². The van der Waals surface area contributed by atoms with Crippen molar-refractivity contribution in [2.45, 2.75) is 0 Å². The number of halogens is 1. The summed E-state index contributed by atoms with van der Waals surface area (Å²) in [6, 6.07) is 0. The van der Waals surface area contributed by atoms with Crippen molar-refractivity contribution < 1.29 is 22.3 Å². The Kier molecular flexibility index (Phi) is 7.56. The number of carboxylic acid groups (broad SMARTS) is 1. The average molecular weight is 187 g/mol. The van der Waals surface area contributed by atoms with Crippen LogP contribution in [0.15, 0.2) is 5.51 Å². The summed E-state index contributed by atoms with van der Waals surface area (Å²) in [5, 5.41) is 12.3. The van der Waals surface area contributed by atoms with Gasteiger partial charge < -0.3 is 27.3 Å². The molecule has 1 rings (SSSR count). The van der Waals surface area contributed by atoms with Crippen molar-refractivity contribution in [2.75, 3.05) is 0 Å². The van der Waals surface area contributed by atoms with Crippen LogP contribution in [0.5, 0.6) is 0 Å². The van der Waals surface area contributed by atoms with E-state index in [1.54, 1.807) is 0 Å². The fourth-order valence-electron chi connectivity index (χ4n) is 0.282. The molecule has 0 fully saturated rings. The number of nitrogens with zero attached hydrogens (tertiary/aromatic N) is 1. The van der Waals surface area contributed by atoms with Gasteiger partial charge in [0.15, 0.2) is 0 Å². The molecule has 1 aromatic heterocycles. The molecule has 0 N–H and O–H groups in total. The van der Waals surface area contributed by atoms with Gasteiger partial charge in [0.05, 0.1) is 0 Å². The maximum absolute atomic E-state index is 9.86. The standard InChI is InChI=1S/C4H2NO2S.ClH.Mg/c6-4(7)3-1-8-2-5-3;;/h2H,(H,6,7);1H;/q-1;;+2/p-2. The van der Waals surface area contributed by atoms with E-state index in [-0.39, 0.29) is 41.2 Å². The van der Waals surface area contributed by atoms with E-state index in [0.29, 0.717) is 0 Å². The van der Waals surface area contributed by atoms with Crippen LogP contribution in [0.3, 0.4) is 0 Å². The third-order valence-corrected chi connectivity index (χ3v) is 1.11. The predicted molar refractivity (Wildman–Crippen MR) is 31.0 cm³/mol. The molecule has 0 atom stereocenters. The van der Waals surface area contributed by atoms with Crippen molar-refractivity contribution in [3.05, 3.63) is 16.6 Å². The molecule has 1 aromatic rings. The molecule has 1 heterocycles. The van der Waals surface area contributed by atoms with Crippen LogP contribution >= 0.6 is 11.3 Å². The largest absolute Gasteiger partial charge is 2.00 e. The third kappa shape index (κ3) is 3.36. The number of carboxylic acids is 1. The van der Waals surface area contributed by atoms with Gasteiger partial charge in [-0.2, -0.15) is 0 Å². The molecule has 0 aliphatic heterocycles. The summed E-state index contributed by atoms with van der Waals surface area (Å²) in [4.78, 5) is 13.3. The van der Waals surface area contributed by atoms with E-state index < -0.39 is 5.97 Å². The smallest absolute Gasteiger partial charge is 1.00 e. The van der Waals surface area contributed by atoms with Crippen molar-refractivity contribution in [2.24, 2.45) is 0 Å². The minimum atomic E-state index is -1.27. The van der Waals surface area contributed by atoms with Crippen LogP contribution < -0.4 is 17.5 Å². The van der Waals surface area contributed by atoms with Gasteiger partial charge >= 0.3 is 23.1 Å². The number of carbonyl (C=O) groups is 1. The summed E-state index contributed by atoms with van der Waals surface area (Å²) < 4.78 is 0. The van der Waals surface area contributed by atoms with Crippen LogP contribution in [0.1, 0.15) is 10.5 Å². The molecule has 0 radical (unpaired) electrons. The van der Waals surface area contributed by atoms with Crippen LogP contribution in [0.25, 0.3) is 0 Å². The van der Waals surface area contributed by atoms with Gasteiger partial charge in [-0.1, -0.05) is 5.38 Å². The van der Waals surface area contributed by atoms with Crippen LogP contribution in [0, 0.1) is 5.38 Å². The number of thiazole rings is 1. The monoisotopic (exact) mass is 186 g/mol. The van der Waals surface area contributed by atoms with Gasteiger partial charge in [0.25, 0.3) is 0 Å². The number of rotatable bonds is 1. The number of carbonyl (C=O) groups excluding carboxylic acids is 1. The zero-order valence-corrected chi connectivity index (χ0v) is 7.82. The fraction of sp³-hybridized carbons (Fsp3) is 0. The van der Waals surface area contributed by atoms with Crippen LogP contribution in [0.4, 0.5) is 0 Å². The van der Waals surface area contributed by atoms with E-state index in [1.165, 1.54) is 5.51 Å². The van der Waals surface area contributed by atoms with E-state index in [2.05, 4.69) is 10.4 Å². The number of hydrogen-bond acceptors (Lipinski definition) is 4. The first-order valence-corrected chi connectivity index (χ1v) is 2.71. The normalized spacial score (nSPS) is 7.20. The van der Waals surface area contributed by atoms with Crippen molar-refractivity contribution in [3.8, 4) is 0 Å². The molecule has 10 heavy (non-hydrogen) atoms. The number of hydrogen-bond donors (Lipinski definition) is 0. The minimum Gasteiger partial charge on any atom is -1.00 e. The molecule has 0 aliphatic rings. The summed E-state index contributed by atoms with van der Waals surface area (Å²) in [7, 11) is 0. The summed E-state index contributed by atoms with van der Waals surface area (Å²) in [5.74, 6) is -1.27. The van der Waals surface area contributed by atoms with Crippen LogP contribution in [-0.2, 0) is 0 Å². The van der Waals surface area contributed by atoms with Gasteiger partial charge in [0.2, 0.25) is 0 Å². The topological polar surface area (TPSA) is 53.0 Å². The van der Waals surface area contributed by atoms with Crippen LogP contribution in [0.2, 0.25) is 0 Å². The van der Waals surface area contributed by atoms with E-state index in [4.69, 9.17) is 0 Å². The van der Waals surface area contributed by atoms with E-state index in [0.717, 1.165) is 11.3 Å². The van der Waals surface area contributed by atoms with Gasteiger partial charge in [-0.15, -0.1) is 0 Å². The van der Waals surface area contributed by atoms with E-state index in [9.17, 15) is 9.90 Å². The molecule has 3 nitrogen and oxygen atoms in total. The summed E-state index contributed by atoms with van der Waals surface area (Å²) >= 11 is 1.11. The van der Waals surface area contributed by atoms with Gasteiger partial charge in [0, 0.05) is 0 Å². The Morgan fingerprint density at radius 1 is 1.80 bits per heavy atom. The Labute approximate surface area is 84.0 Å². The number of aromatic nitrogens is 1. The Bertz CT molecular complexity index is 191. The van der Waals surface area contributed by atoms with E-state index >= 15 is 0 Å². The van der Waals surface area contributed by atoms with Gasteiger partial charge in [-0.25, -0.2) is 0 Å².